The van der Waals surface area contributed by atoms with E-state index < -0.39 is 11.3 Å². The van der Waals surface area contributed by atoms with Crippen LogP contribution in [0.4, 0.5) is 0 Å². The fourth-order valence-corrected chi connectivity index (χ4v) is 6.19. The van der Waals surface area contributed by atoms with Crippen LogP contribution in [0.1, 0.15) is 52.0 Å². The van der Waals surface area contributed by atoms with Crippen LogP contribution < -0.4 is 15.2 Å². The van der Waals surface area contributed by atoms with Crippen molar-refractivity contribution in [2.75, 3.05) is 46.1 Å². The molecular weight excluding hydrogens is 490 g/mol. The van der Waals surface area contributed by atoms with Gasteiger partial charge in [-0.25, -0.2) is 0 Å². The first-order chi connectivity index (χ1) is 18.7. The topological polar surface area (TPSA) is 128 Å². The molecule has 8 nitrogen and oxygen atoms in total. The quantitative estimate of drug-likeness (QED) is 0.540. The third-order valence-electron chi connectivity index (χ3n) is 8.50. The van der Waals surface area contributed by atoms with Crippen molar-refractivity contribution in [3.05, 3.63) is 46.7 Å². The molecular formula is C31H39N5O3. The van der Waals surface area contributed by atoms with Gasteiger partial charge in [-0.1, -0.05) is 32.9 Å². The second-order valence-corrected chi connectivity index (χ2v) is 11.7. The first-order valence-corrected chi connectivity index (χ1v) is 13.8. The van der Waals surface area contributed by atoms with Crippen molar-refractivity contribution < 1.29 is 14.2 Å². The predicted octanol–water partition coefficient (Wildman–Crippen LogP) is 4.66. The van der Waals surface area contributed by atoms with Gasteiger partial charge in [-0.05, 0) is 60.3 Å². The maximum atomic E-state index is 10.5. The number of hydrogen-bond acceptors (Lipinski definition) is 8. The Hall–Kier alpha value is -3.51. The lowest BCUT2D eigenvalue weighted by Gasteiger charge is -2.47. The van der Waals surface area contributed by atoms with Crippen LogP contribution in [-0.4, -0.2) is 51.0 Å². The van der Waals surface area contributed by atoms with E-state index in [1.807, 2.05) is 25.1 Å². The number of fused-ring (bicyclic) bond motifs is 1. The number of nitrogens with two attached hydrogens (primary N) is 1. The molecule has 4 rings (SSSR count). The smallest absolute Gasteiger partial charge is 0.191 e. The number of nitriles is 3. The number of nitrogens with zero attached hydrogens (tertiary/aromatic N) is 4. The lowest BCUT2D eigenvalue weighted by molar-refractivity contribution is 0.0321. The van der Waals surface area contributed by atoms with Crippen LogP contribution in [0.3, 0.4) is 0 Å². The van der Waals surface area contributed by atoms with Crippen LogP contribution in [0.5, 0.6) is 11.5 Å². The molecule has 1 heterocycles. The molecule has 206 valence electrons. The van der Waals surface area contributed by atoms with Crippen molar-refractivity contribution in [2.45, 2.75) is 46.5 Å². The summed E-state index contributed by atoms with van der Waals surface area (Å²) in [5.41, 5.74) is 6.83. The summed E-state index contributed by atoms with van der Waals surface area (Å²) < 4.78 is 17.6. The molecule has 0 unspecified atom stereocenters. The summed E-state index contributed by atoms with van der Waals surface area (Å²) in [6.45, 7) is 13.5. The highest BCUT2D eigenvalue weighted by atomic mass is 16.5. The zero-order chi connectivity index (χ0) is 28.2. The van der Waals surface area contributed by atoms with Gasteiger partial charge in [0.2, 0.25) is 0 Å². The van der Waals surface area contributed by atoms with Crippen LogP contribution in [0.25, 0.3) is 0 Å². The minimum atomic E-state index is -1.67. The summed E-state index contributed by atoms with van der Waals surface area (Å²) in [5.74, 6) is 0.771. The molecule has 1 saturated heterocycles. The van der Waals surface area contributed by atoms with Crippen molar-refractivity contribution in [2.24, 2.45) is 28.4 Å². The van der Waals surface area contributed by atoms with Crippen LogP contribution in [0.2, 0.25) is 0 Å². The Morgan fingerprint density at radius 2 is 1.82 bits per heavy atom. The van der Waals surface area contributed by atoms with Gasteiger partial charge in [0.1, 0.15) is 12.7 Å². The highest BCUT2D eigenvalue weighted by Crippen LogP contribution is 2.58. The van der Waals surface area contributed by atoms with Crippen LogP contribution in [0.15, 0.2) is 41.1 Å². The van der Waals surface area contributed by atoms with Gasteiger partial charge in [-0.3, -0.25) is 4.90 Å². The van der Waals surface area contributed by atoms with Crippen molar-refractivity contribution in [1.29, 1.82) is 15.8 Å². The molecule has 2 aliphatic carbocycles. The van der Waals surface area contributed by atoms with E-state index in [2.05, 4.69) is 50.0 Å². The molecule has 0 amide bonds. The average Bonchev–Trinajstić information content (AvgIpc) is 2.93. The third-order valence-corrected chi connectivity index (χ3v) is 8.50. The number of rotatable bonds is 7. The molecule has 1 aromatic rings. The van der Waals surface area contributed by atoms with Gasteiger partial charge in [0.05, 0.1) is 43.2 Å². The Balaban J connectivity index is 1.74. The summed E-state index contributed by atoms with van der Waals surface area (Å²) >= 11 is 0. The highest BCUT2D eigenvalue weighted by molar-refractivity contribution is 5.60. The maximum absolute atomic E-state index is 10.5. The van der Waals surface area contributed by atoms with Gasteiger partial charge in [-0.2, -0.15) is 15.8 Å². The molecule has 0 bridgehead atoms. The van der Waals surface area contributed by atoms with E-state index >= 15 is 0 Å². The largest absolute Gasteiger partial charge is 0.490 e. The SMILES string of the molecule is CCOc1cc([C@@H]2[C@@H]3C[C@@H](C(C)(C)C)CC=C3C(C#N)=C(N)C2(C#N)C#N)ccc1OCCN1CCOCC1. The predicted molar refractivity (Wildman–Crippen MR) is 147 cm³/mol. The third kappa shape index (κ3) is 5.48. The zero-order valence-corrected chi connectivity index (χ0v) is 23.5. The maximum Gasteiger partial charge on any atom is 0.191 e. The zero-order valence-electron chi connectivity index (χ0n) is 23.5. The number of benzene rings is 1. The summed E-state index contributed by atoms with van der Waals surface area (Å²) in [7, 11) is 0. The molecule has 0 radical (unpaired) electrons. The van der Waals surface area contributed by atoms with E-state index in [1.54, 1.807) is 0 Å². The van der Waals surface area contributed by atoms with Crippen molar-refractivity contribution in [1.82, 2.24) is 4.90 Å². The molecule has 3 aliphatic rings. The summed E-state index contributed by atoms with van der Waals surface area (Å²) in [6, 6.07) is 12.4. The lowest BCUT2D eigenvalue weighted by atomic mass is 9.54. The van der Waals surface area contributed by atoms with Gasteiger partial charge in [0.15, 0.2) is 16.9 Å². The number of allylic oxidation sites excluding steroid dienone is 4. The molecule has 0 spiro atoms. The normalized spacial score (nSPS) is 24.9. The summed E-state index contributed by atoms with van der Waals surface area (Å²) in [4.78, 5) is 2.30. The Morgan fingerprint density at radius 3 is 2.44 bits per heavy atom. The molecule has 1 aromatic carbocycles. The van der Waals surface area contributed by atoms with Gasteiger partial charge in [-0.15, -0.1) is 0 Å². The molecule has 2 N–H and O–H groups in total. The van der Waals surface area contributed by atoms with E-state index in [0.29, 0.717) is 30.6 Å². The average molecular weight is 530 g/mol. The molecule has 3 atom stereocenters. The monoisotopic (exact) mass is 529 g/mol. The minimum absolute atomic E-state index is 0.0305. The van der Waals surface area contributed by atoms with Gasteiger partial charge >= 0.3 is 0 Å². The van der Waals surface area contributed by atoms with Crippen molar-refractivity contribution in [3.8, 4) is 29.7 Å². The fraction of sp³-hybridized carbons (Fsp3) is 0.581. The Labute approximate surface area is 232 Å². The molecule has 39 heavy (non-hydrogen) atoms. The second kappa shape index (κ2) is 11.7. The second-order valence-electron chi connectivity index (χ2n) is 11.7. The minimum Gasteiger partial charge on any atom is -0.490 e. The number of ether oxygens (including phenoxy) is 3. The first-order valence-electron chi connectivity index (χ1n) is 13.8. The number of morpholine rings is 1. The van der Waals surface area contributed by atoms with E-state index in [1.165, 1.54) is 0 Å². The molecule has 1 aliphatic heterocycles. The molecule has 1 fully saturated rings. The standard InChI is InChI=1S/C31H39N5O3/c1-5-38-27-16-21(6-9-26(27)39-15-12-36-10-13-37-14-11-36)28-24-17-22(30(2,3)4)7-8-23(24)25(18-32)29(35)31(28,19-33)20-34/h6,8-9,16,22,24,28H,5,7,10-15,17,35H2,1-4H3/t22-,24+,28+/m0/s1. The molecule has 0 aromatic heterocycles. The highest BCUT2D eigenvalue weighted by Gasteiger charge is 2.55. The van der Waals surface area contributed by atoms with E-state index in [4.69, 9.17) is 19.9 Å². The summed E-state index contributed by atoms with van der Waals surface area (Å²) in [6.07, 6.45) is 3.69. The van der Waals surface area contributed by atoms with Crippen LogP contribution >= 0.6 is 0 Å². The Morgan fingerprint density at radius 1 is 1.10 bits per heavy atom. The molecule has 8 heteroatoms. The van der Waals surface area contributed by atoms with Crippen LogP contribution in [0, 0.1) is 56.7 Å². The van der Waals surface area contributed by atoms with Gasteiger partial charge in [0, 0.05) is 25.6 Å². The van der Waals surface area contributed by atoms with Crippen molar-refractivity contribution in [3.63, 3.8) is 0 Å². The Bertz CT molecular complexity index is 1240. The fourth-order valence-electron chi connectivity index (χ4n) is 6.19. The number of hydrogen-bond donors (Lipinski definition) is 1. The van der Waals surface area contributed by atoms with E-state index in [-0.39, 0.29) is 22.6 Å². The van der Waals surface area contributed by atoms with Crippen molar-refractivity contribution >= 4 is 0 Å². The Kier molecular flexibility index (Phi) is 8.55. The van der Waals surface area contributed by atoms with Crippen LogP contribution in [-0.2, 0) is 4.74 Å². The summed E-state index contributed by atoms with van der Waals surface area (Å²) in [5, 5.41) is 30.9. The molecule has 0 saturated carbocycles. The van der Waals surface area contributed by atoms with E-state index in [0.717, 1.165) is 56.8 Å². The van der Waals surface area contributed by atoms with Gasteiger partial charge < -0.3 is 19.9 Å². The van der Waals surface area contributed by atoms with Gasteiger partial charge in [0.25, 0.3) is 0 Å². The lowest BCUT2D eigenvalue weighted by Crippen LogP contribution is -2.44. The van der Waals surface area contributed by atoms with E-state index in [9.17, 15) is 15.8 Å². The first kappa shape index (κ1) is 28.5.